The van der Waals surface area contributed by atoms with E-state index in [2.05, 4.69) is 50.5 Å². The first kappa shape index (κ1) is 17.3. The number of rotatable bonds is 5. The van der Waals surface area contributed by atoms with Crippen molar-refractivity contribution in [3.63, 3.8) is 0 Å². The molecule has 0 aromatic heterocycles. The van der Waals surface area contributed by atoms with Gasteiger partial charge >= 0.3 is 0 Å². The van der Waals surface area contributed by atoms with Gasteiger partial charge in [-0.05, 0) is 76.4 Å². The van der Waals surface area contributed by atoms with Crippen LogP contribution in [0.15, 0.2) is 36.4 Å². The summed E-state index contributed by atoms with van der Waals surface area (Å²) in [6.45, 7) is 2.40. The zero-order valence-electron chi connectivity index (χ0n) is 12.2. The molecular weight excluding hydrogens is 508 g/mol. The smallest absolute Gasteiger partial charge is 0.255 e. The molecule has 0 aliphatic rings. The average Bonchev–Trinajstić information content (AvgIpc) is 2.49. The summed E-state index contributed by atoms with van der Waals surface area (Å²) in [5.41, 5.74) is 1.32. The molecule has 0 heterocycles. The summed E-state index contributed by atoms with van der Waals surface area (Å²) in [6.07, 6.45) is 0. The van der Waals surface area contributed by atoms with Gasteiger partial charge in [0, 0.05) is 9.13 Å². The van der Waals surface area contributed by atoms with Crippen LogP contribution in [0, 0.1) is 7.14 Å². The van der Waals surface area contributed by atoms with Crippen LogP contribution in [0.1, 0.15) is 17.3 Å². The van der Waals surface area contributed by atoms with Gasteiger partial charge in [0.15, 0.2) is 11.5 Å². The molecule has 2 aromatic rings. The van der Waals surface area contributed by atoms with Crippen molar-refractivity contribution in [1.82, 2.24) is 0 Å². The molecule has 0 saturated carbocycles. The number of nitrogens with one attached hydrogen (secondary N) is 1. The SMILES string of the molecule is CCOc1cc(C(=O)Nc2ccccc2I)cc(I)c1OC. The molecule has 116 valence electrons. The Hall–Kier alpha value is -1.03. The van der Waals surface area contributed by atoms with Gasteiger partial charge in [0.05, 0.1) is 23.0 Å². The highest BCUT2D eigenvalue weighted by atomic mass is 127. The van der Waals surface area contributed by atoms with Crippen LogP contribution in [-0.4, -0.2) is 19.6 Å². The monoisotopic (exact) mass is 523 g/mol. The molecule has 0 spiro atoms. The minimum Gasteiger partial charge on any atom is -0.492 e. The van der Waals surface area contributed by atoms with Gasteiger partial charge in [-0.25, -0.2) is 0 Å². The highest BCUT2D eigenvalue weighted by molar-refractivity contribution is 14.1. The van der Waals surface area contributed by atoms with Crippen molar-refractivity contribution in [3.05, 3.63) is 49.1 Å². The molecule has 0 radical (unpaired) electrons. The Morgan fingerprint density at radius 3 is 2.55 bits per heavy atom. The lowest BCUT2D eigenvalue weighted by Crippen LogP contribution is -2.13. The van der Waals surface area contributed by atoms with Crippen molar-refractivity contribution in [3.8, 4) is 11.5 Å². The molecule has 0 fully saturated rings. The molecule has 0 unspecified atom stereocenters. The summed E-state index contributed by atoms with van der Waals surface area (Å²) >= 11 is 4.33. The lowest BCUT2D eigenvalue weighted by molar-refractivity contribution is 0.102. The van der Waals surface area contributed by atoms with E-state index in [1.165, 1.54) is 0 Å². The summed E-state index contributed by atoms with van der Waals surface area (Å²) in [7, 11) is 1.59. The molecule has 4 nitrogen and oxygen atoms in total. The number of benzene rings is 2. The van der Waals surface area contributed by atoms with E-state index in [1.807, 2.05) is 31.2 Å². The molecular formula is C16H15I2NO3. The van der Waals surface area contributed by atoms with Crippen LogP contribution in [0.2, 0.25) is 0 Å². The Kier molecular flexibility index (Phi) is 6.30. The van der Waals surface area contributed by atoms with Crippen LogP contribution in [0.4, 0.5) is 5.69 Å². The molecule has 0 atom stereocenters. The van der Waals surface area contributed by atoms with Crippen molar-refractivity contribution in [2.45, 2.75) is 6.92 Å². The maximum absolute atomic E-state index is 12.5. The predicted octanol–water partition coefficient (Wildman–Crippen LogP) is 4.56. The van der Waals surface area contributed by atoms with Crippen LogP contribution in [0.5, 0.6) is 11.5 Å². The molecule has 6 heteroatoms. The van der Waals surface area contributed by atoms with E-state index in [9.17, 15) is 4.79 Å². The van der Waals surface area contributed by atoms with Crippen molar-refractivity contribution < 1.29 is 14.3 Å². The Morgan fingerprint density at radius 1 is 1.18 bits per heavy atom. The summed E-state index contributed by atoms with van der Waals surface area (Å²) in [5.74, 6) is 1.05. The quantitative estimate of drug-likeness (QED) is 0.586. The minimum absolute atomic E-state index is 0.175. The summed E-state index contributed by atoms with van der Waals surface area (Å²) in [5, 5.41) is 2.91. The van der Waals surface area contributed by atoms with Gasteiger partial charge in [-0.1, -0.05) is 12.1 Å². The van der Waals surface area contributed by atoms with Crippen LogP contribution < -0.4 is 14.8 Å². The number of carbonyl (C=O) groups excluding carboxylic acids is 1. The maximum atomic E-state index is 12.5. The topological polar surface area (TPSA) is 47.6 Å². The van der Waals surface area contributed by atoms with Gasteiger partial charge in [0.2, 0.25) is 0 Å². The van der Waals surface area contributed by atoms with Gasteiger partial charge in [-0.3, -0.25) is 4.79 Å². The standard InChI is InChI=1S/C16H15I2NO3/c1-3-22-14-9-10(8-12(18)15(14)21-2)16(20)19-13-7-5-4-6-11(13)17/h4-9H,3H2,1-2H3,(H,19,20). The van der Waals surface area contributed by atoms with Crippen molar-refractivity contribution in [2.24, 2.45) is 0 Å². The summed E-state index contributed by atoms with van der Waals surface area (Å²) in [6, 6.07) is 11.1. The number of amides is 1. The van der Waals surface area contributed by atoms with Crippen LogP contribution in [0.25, 0.3) is 0 Å². The molecule has 1 amide bonds. The van der Waals surface area contributed by atoms with Crippen LogP contribution >= 0.6 is 45.2 Å². The van der Waals surface area contributed by atoms with Crippen molar-refractivity contribution >= 4 is 56.8 Å². The Balaban J connectivity index is 2.32. The second-order valence-electron chi connectivity index (χ2n) is 4.36. The van der Waals surface area contributed by atoms with E-state index in [0.29, 0.717) is 23.7 Å². The summed E-state index contributed by atoms with van der Waals surface area (Å²) in [4.78, 5) is 12.5. The van der Waals surface area contributed by atoms with E-state index in [0.717, 1.165) is 12.8 Å². The van der Waals surface area contributed by atoms with E-state index in [1.54, 1.807) is 19.2 Å². The number of anilines is 1. The Morgan fingerprint density at radius 2 is 1.91 bits per heavy atom. The third-order valence-electron chi connectivity index (χ3n) is 2.90. The first-order valence-corrected chi connectivity index (χ1v) is 8.78. The van der Waals surface area contributed by atoms with Gasteiger partial charge in [0.25, 0.3) is 5.91 Å². The molecule has 2 rings (SSSR count). The molecule has 2 aromatic carbocycles. The number of hydrogen-bond donors (Lipinski definition) is 1. The highest BCUT2D eigenvalue weighted by Gasteiger charge is 2.16. The third-order valence-corrected chi connectivity index (χ3v) is 4.64. The molecule has 1 N–H and O–H groups in total. The Bertz CT molecular complexity index is 689. The molecule has 0 saturated heterocycles. The first-order chi connectivity index (χ1) is 10.6. The van der Waals surface area contributed by atoms with Gasteiger partial charge in [-0.2, -0.15) is 0 Å². The number of hydrogen-bond acceptors (Lipinski definition) is 3. The molecule has 0 bridgehead atoms. The van der Waals surface area contributed by atoms with Crippen molar-refractivity contribution in [1.29, 1.82) is 0 Å². The van der Waals surface area contributed by atoms with Crippen LogP contribution in [-0.2, 0) is 0 Å². The molecule has 0 aliphatic heterocycles. The fourth-order valence-electron chi connectivity index (χ4n) is 1.92. The van der Waals surface area contributed by atoms with Gasteiger partial charge in [-0.15, -0.1) is 0 Å². The minimum atomic E-state index is -0.175. The molecule has 22 heavy (non-hydrogen) atoms. The lowest BCUT2D eigenvalue weighted by atomic mass is 10.2. The lowest BCUT2D eigenvalue weighted by Gasteiger charge is -2.13. The number of ether oxygens (including phenoxy) is 2. The van der Waals surface area contributed by atoms with Crippen molar-refractivity contribution in [2.75, 3.05) is 19.0 Å². The van der Waals surface area contributed by atoms with Gasteiger partial charge < -0.3 is 14.8 Å². The van der Waals surface area contributed by atoms with Gasteiger partial charge in [0.1, 0.15) is 0 Å². The predicted molar refractivity (Wildman–Crippen MR) is 104 cm³/mol. The second kappa shape index (κ2) is 8.00. The van der Waals surface area contributed by atoms with Crippen LogP contribution in [0.3, 0.4) is 0 Å². The fourth-order valence-corrected chi connectivity index (χ4v) is 3.26. The van der Waals surface area contributed by atoms with E-state index in [-0.39, 0.29) is 5.91 Å². The highest BCUT2D eigenvalue weighted by Crippen LogP contribution is 2.34. The Labute approximate surface area is 156 Å². The first-order valence-electron chi connectivity index (χ1n) is 6.63. The largest absolute Gasteiger partial charge is 0.492 e. The van der Waals surface area contributed by atoms with E-state index in [4.69, 9.17) is 9.47 Å². The zero-order valence-corrected chi connectivity index (χ0v) is 16.5. The van der Waals surface area contributed by atoms with E-state index < -0.39 is 0 Å². The summed E-state index contributed by atoms with van der Waals surface area (Å²) < 4.78 is 12.7. The zero-order chi connectivity index (χ0) is 16.1. The maximum Gasteiger partial charge on any atom is 0.255 e. The number of methoxy groups -OCH3 is 1. The normalized spacial score (nSPS) is 10.2. The second-order valence-corrected chi connectivity index (χ2v) is 6.68. The van der Waals surface area contributed by atoms with E-state index >= 15 is 0 Å². The third kappa shape index (κ3) is 4.03. The number of para-hydroxylation sites is 1. The average molecular weight is 523 g/mol. The number of halogens is 2. The molecule has 0 aliphatic carbocycles. The fraction of sp³-hybridized carbons (Fsp3) is 0.188. The number of carbonyl (C=O) groups is 1.